The number of aliphatic hydroxyl groups is 2. The second-order valence-electron chi connectivity index (χ2n) is 10.9. The van der Waals surface area contributed by atoms with Gasteiger partial charge >= 0.3 is 5.97 Å². The lowest BCUT2D eigenvalue weighted by Gasteiger charge is -2.60. The average Bonchev–Trinajstić information content (AvgIpc) is 2.93. The summed E-state index contributed by atoms with van der Waals surface area (Å²) >= 11 is 11.6. The van der Waals surface area contributed by atoms with Crippen LogP contribution < -0.4 is 0 Å². The summed E-state index contributed by atoms with van der Waals surface area (Å²) in [5.41, 5.74) is -2.50. The summed E-state index contributed by atoms with van der Waals surface area (Å²) in [6.07, 6.45) is 0.457. The zero-order chi connectivity index (χ0) is 24.7. The van der Waals surface area contributed by atoms with Gasteiger partial charge in [-0.2, -0.15) is 0 Å². The smallest absolute Gasteiger partial charge is 0.306 e. The van der Waals surface area contributed by atoms with Gasteiger partial charge in [0, 0.05) is 29.1 Å². The Bertz CT molecular complexity index is 993. The van der Waals surface area contributed by atoms with Gasteiger partial charge in [0.1, 0.15) is 6.17 Å². The van der Waals surface area contributed by atoms with Crippen molar-refractivity contribution in [1.29, 1.82) is 0 Å². The van der Waals surface area contributed by atoms with Crippen LogP contribution in [-0.2, 0) is 14.3 Å². The van der Waals surface area contributed by atoms with E-state index in [1.807, 2.05) is 20.8 Å². The molecule has 0 aromatic rings. The van der Waals surface area contributed by atoms with Crippen LogP contribution in [0.5, 0.6) is 0 Å². The zero-order valence-electron chi connectivity index (χ0n) is 19.7. The van der Waals surface area contributed by atoms with Gasteiger partial charge in [-0.05, 0) is 61.4 Å². The first-order valence-corrected chi connectivity index (χ1v) is 12.5. The Morgan fingerprint density at radius 1 is 1.36 bits per heavy atom. The number of thiocarbonyl (C=S) groups is 1. The summed E-state index contributed by atoms with van der Waals surface area (Å²) in [7, 11) is 0. The van der Waals surface area contributed by atoms with E-state index < -0.39 is 39.7 Å². The molecule has 5 nitrogen and oxygen atoms in total. The molecule has 33 heavy (non-hydrogen) atoms. The third-order valence-corrected chi connectivity index (χ3v) is 9.93. The van der Waals surface area contributed by atoms with E-state index in [1.165, 1.54) is 0 Å². The fourth-order valence-corrected chi connectivity index (χ4v) is 9.00. The predicted molar refractivity (Wildman–Crippen MR) is 127 cm³/mol. The molecule has 2 N–H and O–H groups in total. The van der Waals surface area contributed by atoms with Crippen molar-refractivity contribution in [3.05, 3.63) is 22.3 Å². The van der Waals surface area contributed by atoms with E-state index in [0.717, 1.165) is 0 Å². The molecule has 4 aliphatic carbocycles. The monoisotopic (exact) mass is 498 g/mol. The number of fused-ring (bicyclic) bond motifs is 5. The molecule has 0 amide bonds. The molecule has 0 radical (unpaired) electrons. The first-order valence-electron chi connectivity index (χ1n) is 11.7. The third-order valence-electron chi connectivity index (χ3n) is 9.25. The predicted octanol–water partition coefficient (Wildman–Crippen LogP) is 4.99. The number of ether oxygens (including phenoxy) is 1. The standard InChI is InChI=1S/C25H32ClFO5S/c1-6-17(29)32-25(22(31)33)12(3)7-14-13-8-15(27)19-20(26)21(30)11(2)9-23(19,4)18(13)16(28)10-24(14,25)5/h9,12-16,18,28H,6-8,10H2,1-5H3,(H,31,33)/t12-,13-,14-,15-,16-,18+,23+,24-,25-/m0/s1. The Labute approximate surface area is 204 Å². The molecular weight excluding hydrogens is 467 g/mol. The van der Waals surface area contributed by atoms with Gasteiger partial charge < -0.3 is 14.9 Å². The van der Waals surface area contributed by atoms with Gasteiger partial charge in [0.2, 0.25) is 5.05 Å². The number of allylic oxidation sites excluding steroid dienone is 4. The molecule has 3 saturated carbocycles. The number of ketones is 1. The minimum atomic E-state index is -1.43. The summed E-state index contributed by atoms with van der Waals surface area (Å²) in [5.74, 6) is -1.95. The highest BCUT2D eigenvalue weighted by Crippen LogP contribution is 2.70. The van der Waals surface area contributed by atoms with Crippen molar-refractivity contribution in [3.63, 3.8) is 0 Å². The number of esters is 1. The van der Waals surface area contributed by atoms with Gasteiger partial charge in [-0.1, -0.05) is 45.4 Å². The Kier molecular flexibility index (Phi) is 5.90. The SMILES string of the molecule is CCC(=O)O[C@]1(C(O)=S)[C@@H](C)C[C@H]2[C@@H]3C[C@H](F)C4=C(Cl)C(=O)C(C)=C[C@]4(C)[C@H]3[C@@H](O)C[C@@]21C. The summed E-state index contributed by atoms with van der Waals surface area (Å²) in [6.45, 7) is 8.98. The van der Waals surface area contributed by atoms with E-state index in [4.69, 9.17) is 28.6 Å². The normalized spacial score (nSPS) is 46.8. The summed E-state index contributed by atoms with van der Waals surface area (Å²) in [6, 6.07) is 0. The molecule has 182 valence electrons. The van der Waals surface area contributed by atoms with Crippen LogP contribution in [0.1, 0.15) is 60.3 Å². The van der Waals surface area contributed by atoms with Crippen molar-refractivity contribution in [2.45, 2.75) is 78.2 Å². The molecule has 0 aromatic heterocycles. The van der Waals surface area contributed by atoms with E-state index in [2.05, 4.69) is 0 Å². The maximum Gasteiger partial charge on any atom is 0.306 e. The van der Waals surface area contributed by atoms with Crippen molar-refractivity contribution in [2.75, 3.05) is 0 Å². The van der Waals surface area contributed by atoms with Gasteiger partial charge in [-0.15, -0.1) is 0 Å². The number of carbonyl (C=O) groups is 2. The molecule has 9 atom stereocenters. The first kappa shape index (κ1) is 24.8. The number of hydrogen-bond acceptors (Lipinski definition) is 5. The average molecular weight is 499 g/mol. The number of alkyl halides is 1. The Balaban J connectivity index is 1.86. The van der Waals surface area contributed by atoms with Gasteiger partial charge in [0.05, 0.1) is 11.1 Å². The fourth-order valence-electron chi connectivity index (χ4n) is 8.05. The van der Waals surface area contributed by atoms with Crippen molar-refractivity contribution in [2.24, 2.45) is 34.5 Å². The molecule has 4 aliphatic rings. The van der Waals surface area contributed by atoms with Crippen LogP contribution in [0.4, 0.5) is 4.39 Å². The highest BCUT2D eigenvalue weighted by atomic mass is 35.5. The summed E-state index contributed by atoms with van der Waals surface area (Å²) in [5, 5.41) is 21.8. The zero-order valence-corrected chi connectivity index (χ0v) is 21.2. The maximum absolute atomic E-state index is 15.7. The van der Waals surface area contributed by atoms with Crippen LogP contribution in [-0.4, -0.2) is 44.9 Å². The number of carbonyl (C=O) groups excluding carboxylic acids is 2. The van der Waals surface area contributed by atoms with Crippen LogP contribution in [0.25, 0.3) is 0 Å². The molecule has 0 aromatic carbocycles. The quantitative estimate of drug-likeness (QED) is 0.421. The van der Waals surface area contributed by atoms with E-state index in [0.29, 0.717) is 12.0 Å². The second kappa shape index (κ2) is 7.85. The number of hydrogen-bond donors (Lipinski definition) is 2. The van der Waals surface area contributed by atoms with Gasteiger partial charge in [0.25, 0.3) is 0 Å². The fraction of sp³-hybridized carbons (Fsp3) is 0.720. The maximum atomic E-state index is 15.7. The third kappa shape index (κ3) is 3.07. The Hall–Kier alpha value is -1.31. The van der Waals surface area contributed by atoms with Crippen molar-refractivity contribution < 1.29 is 28.9 Å². The number of halogens is 2. The first-order chi connectivity index (χ1) is 15.3. The van der Waals surface area contributed by atoms with Crippen LogP contribution in [0, 0.1) is 34.5 Å². The molecule has 0 heterocycles. The Morgan fingerprint density at radius 2 is 2.00 bits per heavy atom. The van der Waals surface area contributed by atoms with E-state index in [9.17, 15) is 19.8 Å². The molecule has 0 spiro atoms. The van der Waals surface area contributed by atoms with Crippen LogP contribution in [0.15, 0.2) is 22.3 Å². The Morgan fingerprint density at radius 3 is 2.58 bits per heavy atom. The van der Waals surface area contributed by atoms with Crippen LogP contribution >= 0.6 is 23.8 Å². The van der Waals surface area contributed by atoms with E-state index in [-0.39, 0.29) is 59.3 Å². The largest absolute Gasteiger partial charge is 0.499 e. The lowest BCUT2D eigenvalue weighted by Crippen LogP contribution is -2.64. The van der Waals surface area contributed by atoms with Crippen LogP contribution in [0.2, 0.25) is 0 Å². The molecule has 0 bridgehead atoms. The minimum absolute atomic E-state index is 0.0773. The number of rotatable bonds is 3. The summed E-state index contributed by atoms with van der Waals surface area (Å²) < 4.78 is 21.6. The topological polar surface area (TPSA) is 83.8 Å². The lowest BCUT2D eigenvalue weighted by atomic mass is 9.46. The van der Waals surface area contributed by atoms with Crippen molar-refractivity contribution in [3.8, 4) is 0 Å². The minimum Gasteiger partial charge on any atom is -0.499 e. The lowest BCUT2D eigenvalue weighted by molar-refractivity contribution is -0.187. The van der Waals surface area contributed by atoms with Gasteiger partial charge in [-0.25, -0.2) is 4.39 Å². The highest BCUT2D eigenvalue weighted by molar-refractivity contribution is 7.80. The molecule has 8 heteroatoms. The van der Waals surface area contributed by atoms with Crippen molar-refractivity contribution in [1.82, 2.24) is 0 Å². The molecular formula is C25H32ClFO5S. The molecule has 3 fully saturated rings. The molecule has 0 saturated heterocycles. The number of Topliss-reactive ketones (excluding diaryl/α,β-unsaturated/α-hetero) is 1. The number of aliphatic hydroxyl groups excluding tert-OH is 2. The molecule has 0 aliphatic heterocycles. The summed E-state index contributed by atoms with van der Waals surface area (Å²) in [4.78, 5) is 24.9. The van der Waals surface area contributed by atoms with E-state index >= 15 is 4.39 Å². The van der Waals surface area contributed by atoms with Gasteiger partial charge in [0.15, 0.2) is 11.4 Å². The van der Waals surface area contributed by atoms with E-state index in [1.54, 1.807) is 19.9 Å². The second-order valence-corrected chi connectivity index (χ2v) is 11.6. The van der Waals surface area contributed by atoms with Crippen LogP contribution in [0.3, 0.4) is 0 Å². The van der Waals surface area contributed by atoms with Gasteiger partial charge in [-0.3, -0.25) is 9.59 Å². The van der Waals surface area contributed by atoms with Crippen molar-refractivity contribution >= 4 is 40.6 Å². The highest BCUT2D eigenvalue weighted by Gasteiger charge is 2.73. The molecule has 4 rings (SSSR count). The molecule has 0 unspecified atom stereocenters.